The van der Waals surface area contributed by atoms with E-state index in [0.717, 1.165) is 31.5 Å². The van der Waals surface area contributed by atoms with E-state index in [1.807, 2.05) is 6.08 Å². The van der Waals surface area contributed by atoms with E-state index in [0.29, 0.717) is 32.7 Å². The molecule has 0 amide bonds. The summed E-state index contributed by atoms with van der Waals surface area (Å²) in [6, 6.07) is 8.72. The van der Waals surface area contributed by atoms with Crippen molar-refractivity contribution in [3.8, 4) is 0 Å². The molecule has 1 saturated heterocycles. The van der Waals surface area contributed by atoms with E-state index >= 15 is 0 Å². The molecule has 0 unspecified atom stereocenters. The molecule has 0 spiro atoms. The standard InChI is InChI=1S/C27H41NO5/c1-27(2,3)21-12-10-20(11-13-21)19-33-24-18-23(29)26(28-14-16-32-17-15-28)22(24)8-6-4-5-7-9-25(30)31/h4-5,10-13,22-24,26,29H,6-9,14-19H2,1-3H3,(H,30,31)/t22-,23+,24-,26+/m0/s1. The Labute approximate surface area is 198 Å². The maximum atomic E-state index is 11.0. The van der Waals surface area contributed by atoms with Gasteiger partial charge in [0.15, 0.2) is 0 Å². The van der Waals surface area contributed by atoms with Gasteiger partial charge in [0.1, 0.15) is 0 Å². The van der Waals surface area contributed by atoms with Crippen molar-refractivity contribution in [2.75, 3.05) is 26.3 Å². The second-order valence-corrected chi connectivity index (χ2v) is 10.4. The minimum atomic E-state index is -0.769. The average Bonchev–Trinajstić information content (AvgIpc) is 3.09. The molecule has 2 N–H and O–H groups in total. The molecule has 0 aromatic heterocycles. The first-order valence-corrected chi connectivity index (χ1v) is 12.3. The van der Waals surface area contributed by atoms with Gasteiger partial charge >= 0.3 is 5.97 Å². The molecule has 4 atom stereocenters. The molecule has 184 valence electrons. The minimum absolute atomic E-state index is 0.00237. The number of morpholine rings is 1. The fourth-order valence-electron chi connectivity index (χ4n) is 5.03. The van der Waals surface area contributed by atoms with Crippen LogP contribution >= 0.6 is 0 Å². The lowest BCUT2D eigenvalue weighted by Gasteiger charge is -2.38. The van der Waals surface area contributed by atoms with Crippen LogP contribution in [0.15, 0.2) is 36.4 Å². The second-order valence-electron chi connectivity index (χ2n) is 10.4. The summed E-state index contributed by atoms with van der Waals surface area (Å²) in [6.45, 7) is 10.3. The summed E-state index contributed by atoms with van der Waals surface area (Å²) in [5, 5.41) is 19.8. The number of carboxylic acid groups (broad SMARTS) is 1. The largest absolute Gasteiger partial charge is 0.481 e. The number of aliphatic carboxylic acids is 1. The number of allylic oxidation sites excluding steroid dienone is 2. The number of aliphatic hydroxyl groups is 1. The van der Waals surface area contributed by atoms with Gasteiger partial charge in [-0.05, 0) is 35.8 Å². The third-order valence-corrected chi connectivity index (χ3v) is 6.89. The van der Waals surface area contributed by atoms with Crippen LogP contribution in [0.2, 0.25) is 0 Å². The predicted octanol–water partition coefficient (Wildman–Crippen LogP) is 4.15. The number of hydrogen-bond donors (Lipinski definition) is 2. The van der Waals surface area contributed by atoms with E-state index in [1.165, 1.54) is 5.56 Å². The van der Waals surface area contributed by atoms with Gasteiger partial charge in [-0.2, -0.15) is 0 Å². The van der Waals surface area contributed by atoms with Gasteiger partial charge in [0, 0.05) is 37.9 Å². The van der Waals surface area contributed by atoms with Crippen molar-refractivity contribution in [3.05, 3.63) is 47.5 Å². The number of rotatable bonds is 10. The van der Waals surface area contributed by atoms with E-state index in [1.54, 1.807) is 0 Å². The predicted molar refractivity (Wildman–Crippen MR) is 129 cm³/mol. The zero-order chi connectivity index (χ0) is 23.8. The topological polar surface area (TPSA) is 79.2 Å². The molecule has 2 fully saturated rings. The monoisotopic (exact) mass is 459 g/mol. The Hall–Kier alpha value is -1.73. The van der Waals surface area contributed by atoms with Crippen molar-refractivity contribution < 1.29 is 24.5 Å². The van der Waals surface area contributed by atoms with Gasteiger partial charge in [-0.1, -0.05) is 57.2 Å². The highest BCUT2D eigenvalue weighted by Crippen LogP contribution is 2.37. The highest BCUT2D eigenvalue weighted by atomic mass is 16.5. The van der Waals surface area contributed by atoms with Crippen molar-refractivity contribution in [2.45, 2.75) is 83.1 Å². The van der Waals surface area contributed by atoms with Gasteiger partial charge in [-0.3, -0.25) is 9.69 Å². The fourth-order valence-corrected chi connectivity index (χ4v) is 5.03. The Morgan fingerprint density at radius 2 is 1.82 bits per heavy atom. The molecule has 1 aromatic carbocycles. The first-order valence-electron chi connectivity index (χ1n) is 12.3. The summed E-state index contributed by atoms with van der Waals surface area (Å²) in [7, 11) is 0. The minimum Gasteiger partial charge on any atom is -0.481 e. The molecule has 2 aliphatic rings. The number of ether oxygens (including phenoxy) is 2. The van der Waals surface area contributed by atoms with Crippen LogP contribution in [-0.2, 0) is 26.3 Å². The van der Waals surface area contributed by atoms with Crippen LogP contribution in [0, 0.1) is 5.92 Å². The maximum absolute atomic E-state index is 11.0. The third-order valence-electron chi connectivity index (χ3n) is 6.89. The summed E-state index contributed by atoms with van der Waals surface area (Å²) < 4.78 is 11.9. The highest BCUT2D eigenvalue weighted by molar-refractivity contribution is 5.66. The van der Waals surface area contributed by atoms with Crippen molar-refractivity contribution in [2.24, 2.45) is 5.92 Å². The van der Waals surface area contributed by atoms with Crippen LogP contribution in [0.25, 0.3) is 0 Å². The average molecular weight is 460 g/mol. The lowest BCUT2D eigenvalue weighted by atomic mass is 9.87. The van der Waals surface area contributed by atoms with Gasteiger partial charge in [0.25, 0.3) is 0 Å². The lowest BCUT2D eigenvalue weighted by molar-refractivity contribution is -0.136. The summed E-state index contributed by atoms with van der Waals surface area (Å²) in [6.07, 6.45) is 6.76. The Balaban J connectivity index is 1.62. The number of aliphatic hydroxyl groups excluding tert-OH is 1. The molecule has 1 saturated carbocycles. The Bertz CT molecular complexity index is 764. The summed E-state index contributed by atoms with van der Waals surface area (Å²) >= 11 is 0. The Morgan fingerprint density at radius 1 is 1.15 bits per heavy atom. The van der Waals surface area contributed by atoms with E-state index in [-0.39, 0.29) is 29.9 Å². The van der Waals surface area contributed by atoms with Crippen LogP contribution in [0.5, 0.6) is 0 Å². The Morgan fingerprint density at radius 3 is 2.45 bits per heavy atom. The molecule has 0 radical (unpaired) electrons. The fraction of sp³-hybridized carbons (Fsp3) is 0.667. The van der Waals surface area contributed by atoms with Crippen molar-refractivity contribution in [1.29, 1.82) is 0 Å². The van der Waals surface area contributed by atoms with E-state index in [2.05, 4.69) is 56.0 Å². The van der Waals surface area contributed by atoms with Crippen molar-refractivity contribution in [3.63, 3.8) is 0 Å². The zero-order valence-electron chi connectivity index (χ0n) is 20.4. The molecule has 1 heterocycles. The van der Waals surface area contributed by atoms with Gasteiger partial charge in [0.05, 0.1) is 32.0 Å². The molecule has 6 nitrogen and oxygen atoms in total. The Kier molecular flexibility index (Phi) is 9.50. The van der Waals surface area contributed by atoms with Gasteiger partial charge in [-0.25, -0.2) is 0 Å². The first kappa shape index (κ1) is 25.9. The smallest absolute Gasteiger partial charge is 0.303 e. The summed E-state index contributed by atoms with van der Waals surface area (Å²) in [4.78, 5) is 13.1. The molecular formula is C27H41NO5. The van der Waals surface area contributed by atoms with Crippen LogP contribution in [-0.4, -0.2) is 65.6 Å². The maximum Gasteiger partial charge on any atom is 0.303 e. The van der Waals surface area contributed by atoms with E-state index in [4.69, 9.17) is 14.6 Å². The molecule has 1 aromatic rings. The zero-order valence-corrected chi connectivity index (χ0v) is 20.4. The lowest BCUT2D eigenvalue weighted by Crippen LogP contribution is -2.50. The van der Waals surface area contributed by atoms with Gasteiger partial charge in [0.2, 0.25) is 0 Å². The van der Waals surface area contributed by atoms with E-state index < -0.39 is 12.1 Å². The molecular weight excluding hydrogens is 418 g/mol. The quantitative estimate of drug-likeness (QED) is 0.512. The van der Waals surface area contributed by atoms with Gasteiger partial charge < -0.3 is 19.7 Å². The van der Waals surface area contributed by atoms with Crippen LogP contribution in [0.1, 0.15) is 64.0 Å². The normalized spacial score (nSPS) is 26.8. The van der Waals surface area contributed by atoms with Crippen LogP contribution < -0.4 is 0 Å². The molecule has 0 bridgehead atoms. The SMILES string of the molecule is CC(C)(C)c1ccc(CO[C@H]2C[C@@H](O)[C@H](N3CCOCC3)[C@H]2CCC=CCCC(=O)O)cc1. The van der Waals surface area contributed by atoms with Crippen molar-refractivity contribution >= 4 is 5.97 Å². The molecule has 3 rings (SSSR count). The molecule has 6 heteroatoms. The second kappa shape index (κ2) is 12.1. The van der Waals surface area contributed by atoms with Crippen LogP contribution in [0.4, 0.5) is 0 Å². The first-order chi connectivity index (χ1) is 15.8. The highest BCUT2D eigenvalue weighted by Gasteiger charge is 2.45. The third kappa shape index (κ3) is 7.64. The number of benzene rings is 1. The molecule has 33 heavy (non-hydrogen) atoms. The number of nitrogens with zero attached hydrogens (tertiary/aromatic N) is 1. The number of hydrogen-bond acceptors (Lipinski definition) is 5. The summed E-state index contributed by atoms with van der Waals surface area (Å²) in [5.74, 6) is -0.536. The molecule has 1 aliphatic heterocycles. The number of carboxylic acids is 1. The van der Waals surface area contributed by atoms with Crippen molar-refractivity contribution in [1.82, 2.24) is 4.90 Å². The summed E-state index contributed by atoms with van der Waals surface area (Å²) in [5.41, 5.74) is 2.59. The van der Waals surface area contributed by atoms with Gasteiger partial charge in [-0.15, -0.1) is 0 Å². The number of carbonyl (C=O) groups is 1. The molecule has 1 aliphatic carbocycles. The van der Waals surface area contributed by atoms with E-state index in [9.17, 15) is 9.90 Å². The van der Waals surface area contributed by atoms with Crippen LogP contribution in [0.3, 0.4) is 0 Å².